The molecule has 112 valence electrons. The van der Waals surface area contributed by atoms with E-state index in [2.05, 4.69) is 34.2 Å². The van der Waals surface area contributed by atoms with E-state index in [-0.39, 0.29) is 0 Å². The molecule has 0 spiro atoms. The lowest BCUT2D eigenvalue weighted by atomic mass is 10.3. The van der Waals surface area contributed by atoms with E-state index in [9.17, 15) is 0 Å². The standard InChI is InChI=1S/C16H21N3O2/c1-10-7-14(10)15-6-5-13(21-15)8-19(12-3-4-12)9-16-18-17-11(2)20-16/h5-6,10,12,14H,3-4,7-9H2,1-2H3/t10-,14-/m1/s1. The number of furan rings is 1. The van der Waals surface area contributed by atoms with Crippen molar-refractivity contribution in [2.45, 2.75) is 58.2 Å². The van der Waals surface area contributed by atoms with Crippen molar-refractivity contribution in [1.29, 1.82) is 0 Å². The van der Waals surface area contributed by atoms with Crippen LogP contribution in [-0.2, 0) is 13.1 Å². The van der Waals surface area contributed by atoms with Crippen molar-refractivity contribution in [3.05, 3.63) is 35.4 Å². The number of aromatic nitrogens is 2. The summed E-state index contributed by atoms with van der Waals surface area (Å²) >= 11 is 0. The van der Waals surface area contributed by atoms with Crippen LogP contribution in [0.3, 0.4) is 0 Å². The van der Waals surface area contributed by atoms with E-state index >= 15 is 0 Å². The molecule has 2 aliphatic rings. The van der Waals surface area contributed by atoms with E-state index in [1.807, 2.05) is 6.92 Å². The highest BCUT2D eigenvalue weighted by Gasteiger charge is 2.37. The van der Waals surface area contributed by atoms with Gasteiger partial charge in [0.25, 0.3) is 0 Å². The zero-order valence-corrected chi connectivity index (χ0v) is 12.6. The van der Waals surface area contributed by atoms with Crippen molar-refractivity contribution in [2.75, 3.05) is 0 Å². The number of nitrogens with zero attached hydrogens (tertiary/aromatic N) is 3. The Morgan fingerprint density at radius 2 is 2.00 bits per heavy atom. The topological polar surface area (TPSA) is 55.3 Å². The second-order valence-corrected chi connectivity index (χ2v) is 6.47. The minimum Gasteiger partial charge on any atom is -0.464 e. The largest absolute Gasteiger partial charge is 0.464 e. The Labute approximate surface area is 124 Å². The number of rotatable bonds is 6. The summed E-state index contributed by atoms with van der Waals surface area (Å²) in [7, 11) is 0. The molecule has 0 bridgehead atoms. The first-order valence-corrected chi connectivity index (χ1v) is 7.80. The fourth-order valence-corrected chi connectivity index (χ4v) is 2.93. The van der Waals surface area contributed by atoms with Crippen LogP contribution < -0.4 is 0 Å². The lowest BCUT2D eigenvalue weighted by molar-refractivity contribution is 0.201. The van der Waals surface area contributed by atoms with Gasteiger partial charge in [0.15, 0.2) is 0 Å². The summed E-state index contributed by atoms with van der Waals surface area (Å²) in [5.41, 5.74) is 0. The maximum atomic E-state index is 6.02. The lowest BCUT2D eigenvalue weighted by Crippen LogP contribution is -2.25. The summed E-state index contributed by atoms with van der Waals surface area (Å²) in [6.07, 6.45) is 3.77. The van der Waals surface area contributed by atoms with E-state index < -0.39 is 0 Å². The van der Waals surface area contributed by atoms with Crippen molar-refractivity contribution < 1.29 is 8.83 Å². The van der Waals surface area contributed by atoms with Gasteiger partial charge in [-0.1, -0.05) is 6.92 Å². The van der Waals surface area contributed by atoms with Gasteiger partial charge in [0.2, 0.25) is 11.8 Å². The predicted molar refractivity (Wildman–Crippen MR) is 76.5 cm³/mol. The molecule has 5 nitrogen and oxygen atoms in total. The first kappa shape index (κ1) is 13.1. The van der Waals surface area contributed by atoms with E-state index in [0.29, 0.717) is 30.3 Å². The van der Waals surface area contributed by atoms with Crippen LogP contribution >= 0.6 is 0 Å². The average Bonchev–Trinajstić information content (AvgIpc) is 3.34. The van der Waals surface area contributed by atoms with Crippen LogP contribution in [-0.4, -0.2) is 21.1 Å². The molecule has 2 aliphatic carbocycles. The van der Waals surface area contributed by atoms with E-state index in [0.717, 1.165) is 24.0 Å². The first-order valence-electron chi connectivity index (χ1n) is 7.80. The Kier molecular flexibility index (Phi) is 3.10. The van der Waals surface area contributed by atoms with Gasteiger partial charge in [0.05, 0.1) is 13.1 Å². The van der Waals surface area contributed by atoms with Crippen molar-refractivity contribution in [2.24, 2.45) is 5.92 Å². The van der Waals surface area contributed by atoms with Crippen LogP contribution in [0.15, 0.2) is 21.0 Å². The number of hydrogen-bond donors (Lipinski definition) is 0. The second-order valence-electron chi connectivity index (χ2n) is 6.47. The number of hydrogen-bond acceptors (Lipinski definition) is 5. The summed E-state index contributed by atoms with van der Waals surface area (Å²) in [5, 5.41) is 8.01. The molecule has 0 amide bonds. The zero-order chi connectivity index (χ0) is 14.4. The molecule has 21 heavy (non-hydrogen) atoms. The Bertz CT molecular complexity index is 629. The molecule has 2 aromatic rings. The fourth-order valence-electron chi connectivity index (χ4n) is 2.93. The van der Waals surface area contributed by atoms with Crippen LogP contribution in [0.5, 0.6) is 0 Å². The van der Waals surface area contributed by atoms with Crippen molar-refractivity contribution in [1.82, 2.24) is 15.1 Å². The Hall–Kier alpha value is -1.62. The molecular weight excluding hydrogens is 266 g/mol. The van der Waals surface area contributed by atoms with Gasteiger partial charge in [-0.25, -0.2) is 0 Å². The molecule has 0 aliphatic heterocycles. The summed E-state index contributed by atoms with van der Waals surface area (Å²) in [6, 6.07) is 4.89. The fraction of sp³-hybridized carbons (Fsp3) is 0.625. The third-order valence-electron chi connectivity index (χ3n) is 4.49. The SMILES string of the molecule is Cc1nnc(CN(Cc2ccc([C@@H]3C[C@H]3C)o2)C2CC2)o1. The van der Waals surface area contributed by atoms with Crippen LogP contribution in [0.2, 0.25) is 0 Å². The summed E-state index contributed by atoms with van der Waals surface area (Å²) < 4.78 is 11.5. The third kappa shape index (κ3) is 2.88. The Morgan fingerprint density at radius 3 is 2.62 bits per heavy atom. The smallest absolute Gasteiger partial charge is 0.230 e. The van der Waals surface area contributed by atoms with Crippen molar-refractivity contribution >= 4 is 0 Å². The highest BCUT2D eigenvalue weighted by atomic mass is 16.4. The van der Waals surface area contributed by atoms with Crippen LogP contribution in [0.4, 0.5) is 0 Å². The van der Waals surface area contributed by atoms with Gasteiger partial charge in [-0.15, -0.1) is 10.2 Å². The van der Waals surface area contributed by atoms with Gasteiger partial charge < -0.3 is 8.83 Å². The quantitative estimate of drug-likeness (QED) is 0.816. The monoisotopic (exact) mass is 287 g/mol. The zero-order valence-electron chi connectivity index (χ0n) is 12.6. The van der Waals surface area contributed by atoms with Gasteiger partial charge in [-0.3, -0.25) is 4.90 Å². The lowest BCUT2D eigenvalue weighted by Gasteiger charge is -2.18. The molecule has 0 N–H and O–H groups in total. The maximum Gasteiger partial charge on any atom is 0.230 e. The minimum atomic E-state index is 0.628. The highest BCUT2D eigenvalue weighted by Crippen LogP contribution is 2.47. The molecule has 0 radical (unpaired) electrons. The van der Waals surface area contributed by atoms with Crippen LogP contribution in [0, 0.1) is 12.8 Å². The molecule has 2 atom stereocenters. The third-order valence-corrected chi connectivity index (χ3v) is 4.49. The van der Waals surface area contributed by atoms with Gasteiger partial charge in [-0.2, -0.15) is 0 Å². The molecule has 4 rings (SSSR count). The normalized spacial score (nSPS) is 24.7. The highest BCUT2D eigenvalue weighted by molar-refractivity contribution is 5.17. The summed E-state index contributed by atoms with van der Waals surface area (Å²) in [4.78, 5) is 2.38. The van der Waals surface area contributed by atoms with Crippen molar-refractivity contribution in [3.63, 3.8) is 0 Å². The molecule has 0 aromatic carbocycles. The molecule has 0 unspecified atom stereocenters. The second kappa shape index (κ2) is 4.98. The molecule has 2 aromatic heterocycles. The van der Waals surface area contributed by atoms with E-state index in [1.165, 1.54) is 19.3 Å². The van der Waals surface area contributed by atoms with E-state index in [1.54, 1.807) is 0 Å². The molecule has 2 heterocycles. The summed E-state index contributed by atoms with van der Waals surface area (Å²) in [5.74, 6) is 4.96. The number of aryl methyl sites for hydroxylation is 1. The van der Waals surface area contributed by atoms with Crippen molar-refractivity contribution in [3.8, 4) is 0 Å². The van der Waals surface area contributed by atoms with Gasteiger partial charge in [0.1, 0.15) is 11.5 Å². The van der Waals surface area contributed by atoms with Gasteiger partial charge in [-0.05, 0) is 37.3 Å². The minimum absolute atomic E-state index is 0.628. The van der Waals surface area contributed by atoms with Crippen LogP contribution in [0.1, 0.15) is 55.4 Å². The average molecular weight is 287 g/mol. The Balaban J connectivity index is 1.43. The maximum absolute atomic E-state index is 6.02. The van der Waals surface area contributed by atoms with Crippen LogP contribution in [0.25, 0.3) is 0 Å². The first-order chi connectivity index (χ1) is 10.2. The van der Waals surface area contributed by atoms with Gasteiger partial charge >= 0.3 is 0 Å². The molecule has 2 fully saturated rings. The molecule has 2 saturated carbocycles. The molecular formula is C16H21N3O2. The predicted octanol–water partition coefficient (Wildman–Crippen LogP) is 3.26. The molecule has 0 saturated heterocycles. The Morgan fingerprint density at radius 1 is 1.19 bits per heavy atom. The molecule has 5 heteroatoms. The van der Waals surface area contributed by atoms with E-state index in [4.69, 9.17) is 8.83 Å². The summed E-state index contributed by atoms with van der Waals surface area (Å²) in [6.45, 7) is 5.64. The van der Waals surface area contributed by atoms with Gasteiger partial charge in [0, 0.05) is 18.9 Å².